The van der Waals surface area contributed by atoms with Crippen LogP contribution in [0.2, 0.25) is 0 Å². The second kappa shape index (κ2) is 3.66. The van der Waals surface area contributed by atoms with Crippen LogP contribution in [0, 0.1) is 0 Å². The molecule has 0 aliphatic rings. The maximum Gasteiger partial charge on any atom is 0.371 e. The lowest BCUT2D eigenvalue weighted by molar-refractivity contribution is -0.136. The normalized spacial score (nSPS) is 10.8. The minimum Gasteiger partial charge on any atom is -0.490 e. The van der Waals surface area contributed by atoms with Gasteiger partial charge in [0.1, 0.15) is 0 Å². The van der Waals surface area contributed by atoms with E-state index < -0.39 is 5.97 Å². The molecule has 0 unspecified atom stereocenters. The Bertz CT molecular complexity index is 180. The maximum absolute atomic E-state index is 10.3. The van der Waals surface area contributed by atoms with Crippen molar-refractivity contribution in [3.05, 3.63) is 11.8 Å². The zero-order chi connectivity index (χ0) is 8.15. The first kappa shape index (κ1) is 8.68. The molecule has 10 heavy (non-hydrogen) atoms. The fourth-order valence-electron chi connectivity index (χ4n) is 0.393. The lowest BCUT2D eigenvalue weighted by Crippen LogP contribution is -2.04. The molecule has 0 fully saturated rings. The van der Waals surface area contributed by atoms with Gasteiger partial charge in [0.25, 0.3) is 0 Å². The van der Waals surface area contributed by atoms with Gasteiger partial charge >= 0.3 is 5.97 Å². The molecule has 0 aromatic heterocycles. The summed E-state index contributed by atoms with van der Waals surface area (Å²) in [6.07, 6.45) is 0.919. The van der Waals surface area contributed by atoms with E-state index in [0.29, 0.717) is 0 Å². The largest absolute Gasteiger partial charge is 0.490 e. The Morgan fingerprint density at radius 1 is 1.50 bits per heavy atom. The van der Waals surface area contributed by atoms with Crippen molar-refractivity contribution in [3.63, 3.8) is 0 Å². The molecule has 0 aromatic rings. The van der Waals surface area contributed by atoms with Crippen LogP contribution in [0.1, 0.15) is 6.92 Å². The van der Waals surface area contributed by atoms with Crippen LogP contribution in [0.4, 0.5) is 0 Å². The van der Waals surface area contributed by atoms with E-state index in [2.05, 4.69) is 4.74 Å². The molecule has 0 amide bonds. The standard InChI is InChI=1S/C6H8O4/c1-4(7)3-5(10-2)6(8)9/h3H,1-2H3,(H,8,9). The van der Waals surface area contributed by atoms with E-state index in [1.165, 1.54) is 14.0 Å². The minimum absolute atomic E-state index is 0.340. The molecule has 1 N–H and O–H groups in total. The van der Waals surface area contributed by atoms with E-state index >= 15 is 0 Å². The minimum atomic E-state index is -1.24. The summed E-state index contributed by atoms with van der Waals surface area (Å²) in [5.41, 5.74) is 0. The highest BCUT2D eigenvalue weighted by Gasteiger charge is 2.06. The van der Waals surface area contributed by atoms with Gasteiger partial charge in [0.15, 0.2) is 5.78 Å². The second-order valence-corrected chi connectivity index (χ2v) is 1.63. The van der Waals surface area contributed by atoms with Gasteiger partial charge in [-0.1, -0.05) is 0 Å². The molecule has 0 atom stereocenters. The number of allylic oxidation sites excluding steroid dienone is 1. The van der Waals surface area contributed by atoms with Gasteiger partial charge in [-0.15, -0.1) is 0 Å². The zero-order valence-corrected chi connectivity index (χ0v) is 5.75. The highest BCUT2D eigenvalue weighted by molar-refractivity contribution is 5.96. The van der Waals surface area contributed by atoms with Crippen LogP contribution in [-0.4, -0.2) is 24.0 Å². The van der Waals surface area contributed by atoms with E-state index in [1.54, 1.807) is 0 Å². The average Bonchev–Trinajstić information content (AvgIpc) is 1.81. The number of ether oxygens (including phenoxy) is 1. The topological polar surface area (TPSA) is 63.6 Å². The van der Waals surface area contributed by atoms with Gasteiger partial charge < -0.3 is 9.84 Å². The van der Waals surface area contributed by atoms with Crippen molar-refractivity contribution in [2.24, 2.45) is 0 Å². The lowest BCUT2D eigenvalue weighted by atomic mass is 10.3. The van der Waals surface area contributed by atoms with Crippen LogP contribution < -0.4 is 0 Å². The summed E-state index contributed by atoms with van der Waals surface area (Å²) in [4.78, 5) is 20.4. The number of carboxylic acids is 1. The Hall–Kier alpha value is -1.32. The number of hydrogen-bond acceptors (Lipinski definition) is 3. The number of carbonyl (C=O) groups is 2. The Morgan fingerprint density at radius 2 is 2.00 bits per heavy atom. The molecule has 0 rings (SSSR count). The summed E-state index contributed by atoms with van der Waals surface area (Å²) < 4.78 is 4.36. The van der Waals surface area contributed by atoms with Crippen LogP contribution in [0.5, 0.6) is 0 Å². The van der Waals surface area contributed by atoms with Crippen LogP contribution in [-0.2, 0) is 14.3 Å². The quantitative estimate of drug-likeness (QED) is 0.453. The maximum atomic E-state index is 10.3. The molecule has 0 bridgehead atoms. The Morgan fingerprint density at radius 3 is 2.10 bits per heavy atom. The monoisotopic (exact) mass is 144 g/mol. The summed E-state index contributed by atoms with van der Waals surface area (Å²) in [7, 11) is 1.20. The van der Waals surface area contributed by atoms with E-state index in [1.807, 2.05) is 0 Å². The SMILES string of the molecule is COC(=CC(C)=O)C(=O)O. The second-order valence-electron chi connectivity index (χ2n) is 1.63. The Kier molecular flexibility index (Phi) is 3.17. The zero-order valence-electron chi connectivity index (χ0n) is 5.75. The van der Waals surface area contributed by atoms with E-state index in [-0.39, 0.29) is 11.5 Å². The van der Waals surface area contributed by atoms with Crippen LogP contribution in [0.3, 0.4) is 0 Å². The van der Waals surface area contributed by atoms with Crippen molar-refractivity contribution in [1.82, 2.24) is 0 Å². The number of carbonyl (C=O) groups excluding carboxylic acids is 1. The van der Waals surface area contributed by atoms with Gasteiger partial charge in [-0.2, -0.15) is 0 Å². The van der Waals surface area contributed by atoms with Crippen molar-refractivity contribution in [2.75, 3.05) is 7.11 Å². The van der Waals surface area contributed by atoms with Gasteiger partial charge in [-0.25, -0.2) is 4.79 Å². The summed E-state index contributed by atoms with van der Waals surface area (Å²) in [6.45, 7) is 1.25. The highest BCUT2D eigenvalue weighted by atomic mass is 16.5. The number of rotatable bonds is 3. The third kappa shape index (κ3) is 2.86. The third-order valence-corrected chi connectivity index (χ3v) is 0.765. The fraction of sp³-hybridized carbons (Fsp3) is 0.333. The molecule has 0 spiro atoms. The first-order valence-electron chi connectivity index (χ1n) is 2.57. The summed E-state index contributed by atoms with van der Waals surface area (Å²) in [5, 5.41) is 8.28. The molecule has 0 radical (unpaired) electrons. The van der Waals surface area contributed by atoms with Gasteiger partial charge in [0, 0.05) is 6.08 Å². The predicted molar refractivity (Wildman–Crippen MR) is 33.4 cm³/mol. The number of aliphatic carboxylic acids is 1. The molecule has 0 aromatic carbocycles. The predicted octanol–water partition coefficient (Wildman–Crippen LogP) is 0.190. The average molecular weight is 144 g/mol. The van der Waals surface area contributed by atoms with Gasteiger partial charge in [0.2, 0.25) is 5.76 Å². The lowest BCUT2D eigenvalue weighted by Gasteiger charge is -1.96. The third-order valence-electron chi connectivity index (χ3n) is 0.765. The number of methoxy groups -OCH3 is 1. The van der Waals surface area contributed by atoms with Crippen LogP contribution in [0.25, 0.3) is 0 Å². The van der Waals surface area contributed by atoms with E-state index in [0.717, 1.165) is 6.08 Å². The summed E-state index contributed by atoms with van der Waals surface area (Å²) >= 11 is 0. The van der Waals surface area contributed by atoms with E-state index in [9.17, 15) is 9.59 Å². The number of carboxylic acid groups (broad SMARTS) is 1. The smallest absolute Gasteiger partial charge is 0.371 e. The van der Waals surface area contributed by atoms with Gasteiger partial charge in [-0.3, -0.25) is 4.79 Å². The molecule has 0 saturated heterocycles. The van der Waals surface area contributed by atoms with Crippen molar-refractivity contribution in [1.29, 1.82) is 0 Å². The Balaban J connectivity index is 4.34. The number of ketones is 1. The fourth-order valence-corrected chi connectivity index (χ4v) is 0.393. The van der Waals surface area contributed by atoms with Crippen LogP contribution >= 0.6 is 0 Å². The molecule has 56 valence electrons. The molecular weight excluding hydrogens is 136 g/mol. The molecular formula is C6H8O4. The van der Waals surface area contributed by atoms with Crippen LogP contribution in [0.15, 0.2) is 11.8 Å². The first-order chi connectivity index (χ1) is 4.57. The van der Waals surface area contributed by atoms with Gasteiger partial charge in [-0.05, 0) is 6.92 Å². The molecule has 0 aliphatic carbocycles. The van der Waals surface area contributed by atoms with Crippen molar-refractivity contribution in [2.45, 2.75) is 6.92 Å². The molecule has 4 nitrogen and oxygen atoms in total. The summed E-state index contributed by atoms with van der Waals surface area (Å²) in [6, 6.07) is 0. The van der Waals surface area contributed by atoms with Crippen molar-refractivity contribution < 1.29 is 19.4 Å². The summed E-state index contributed by atoms with van der Waals surface area (Å²) in [5.74, 6) is -1.93. The van der Waals surface area contributed by atoms with Crippen molar-refractivity contribution >= 4 is 11.8 Å². The van der Waals surface area contributed by atoms with Gasteiger partial charge in [0.05, 0.1) is 7.11 Å². The Labute approximate surface area is 58.1 Å². The molecule has 0 heterocycles. The highest BCUT2D eigenvalue weighted by Crippen LogP contribution is 1.94. The van der Waals surface area contributed by atoms with Crippen molar-refractivity contribution in [3.8, 4) is 0 Å². The first-order valence-corrected chi connectivity index (χ1v) is 2.57. The molecule has 0 aliphatic heterocycles. The molecule has 4 heteroatoms. The number of hydrogen-bond donors (Lipinski definition) is 1. The van der Waals surface area contributed by atoms with E-state index in [4.69, 9.17) is 5.11 Å². The molecule has 0 saturated carbocycles.